The van der Waals surface area contributed by atoms with Crippen LogP contribution in [0.1, 0.15) is 38.2 Å². The van der Waals surface area contributed by atoms with Crippen molar-refractivity contribution in [2.24, 2.45) is 0 Å². The van der Waals surface area contributed by atoms with Crippen LogP contribution in [0.4, 0.5) is 0 Å². The summed E-state index contributed by atoms with van der Waals surface area (Å²) < 4.78 is 4.80. The number of allylic oxidation sites excluding steroid dienone is 1. The molecule has 0 heterocycles. The Hall–Kier alpha value is -1.57. The average Bonchev–Trinajstić information content (AvgIpc) is 2.39. The first kappa shape index (κ1) is 14.5. The van der Waals surface area contributed by atoms with E-state index < -0.39 is 0 Å². The highest BCUT2D eigenvalue weighted by atomic mass is 16.5. The van der Waals surface area contributed by atoms with Crippen molar-refractivity contribution in [3.05, 3.63) is 48.0 Å². The van der Waals surface area contributed by atoms with E-state index in [4.69, 9.17) is 4.74 Å². The van der Waals surface area contributed by atoms with Crippen molar-refractivity contribution in [1.82, 2.24) is 0 Å². The molecule has 0 amide bonds. The van der Waals surface area contributed by atoms with Crippen LogP contribution in [0.2, 0.25) is 0 Å². The number of hydrogen-bond acceptors (Lipinski definition) is 2. The van der Waals surface area contributed by atoms with Crippen LogP contribution in [0.15, 0.2) is 42.5 Å². The SMILES string of the molecule is CCOC(=O)C=CCCCCCc1ccccc1. The van der Waals surface area contributed by atoms with Gasteiger partial charge in [-0.05, 0) is 38.2 Å². The summed E-state index contributed by atoms with van der Waals surface area (Å²) in [5.41, 5.74) is 1.40. The standard InChI is InChI=1S/C16H22O2/c1-2-18-16(17)14-10-5-3-4-7-11-15-12-8-6-9-13-15/h6,8-10,12-14H,2-5,7,11H2,1H3. The maximum atomic E-state index is 11.0. The average molecular weight is 246 g/mol. The molecule has 2 nitrogen and oxygen atoms in total. The second-order valence-electron chi connectivity index (χ2n) is 4.24. The Bertz CT molecular complexity index is 355. The zero-order chi connectivity index (χ0) is 13.1. The molecule has 0 spiro atoms. The van der Waals surface area contributed by atoms with Crippen LogP contribution in [0.3, 0.4) is 0 Å². The number of rotatable bonds is 8. The Morgan fingerprint density at radius 3 is 2.67 bits per heavy atom. The molecule has 18 heavy (non-hydrogen) atoms. The van der Waals surface area contributed by atoms with Gasteiger partial charge in [-0.2, -0.15) is 0 Å². The fourth-order valence-corrected chi connectivity index (χ4v) is 1.78. The lowest BCUT2D eigenvalue weighted by molar-refractivity contribution is -0.137. The first-order valence-electron chi connectivity index (χ1n) is 6.70. The minimum absolute atomic E-state index is 0.234. The van der Waals surface area contributed by atoms with E-state index in [1.165, 1.54) is 24.5 Å². The van der Waals surface area contributed by atoms with E-state index in [1.807, 2.05) is 19.1 Å². The molecular weight excluding hydrogens is 224 g/mol. The summed E-state index contributed by atoms with van der Waals surface area (Å²) in [6, 6.07) is 10.5. The fraction of sp³-hybridized carbons (Fsp3) is 0.438. The van der Waals surface area contributed by atoms with Gasteiger partial charge in [-0.1, -0.05) is 42.8 Å². The summed E-state index contributed by atoms with van der Waals surface area (Å²) in [7, 11) is 0. The van der Waals surface area contributed by atoms with Gasteiger partial charge in [0.2, 0.25) is 0 Å². The van der Waals surface area contributed by atoms with Crippen molar-refractivity contribution in [3.8, 4) is 0 Å². The lowest BCUT2D eigenvalue weighted by Crippen LogP contribution is -1.98. The molecule has 0 bridgehead atoms. The van der Waals surface area contributed by atoms with Crippen LogP contribution in [-0.4, -0.2) is 12.6 Å². The van der Waals surface area contributed by atoms with Crippen molar-refractivity contribution in [2.75, 3.05) is 6.61 Å². The lowest BCUT2D eigenvalue weighted by atomic mass is 10.1. The molecule has 0 saturated heterocycles. The number of ether oxygens (including phenoxy) is 1. The third kappa shape index (κ3) is 6.89. The summed E-state index contributed by atoms with van der Waals surface area (Å²) >= 11 is 0. The number of esters is 1. The molecule has 0 aliphatic carbocycles. The highest BCUT2D eigenvalue weighted by Gasteiger charge is 1.94. The van der Waals surface area contributed by atoms with Crippen LogP contribution < -0.4 is 0 Å². The Balaban J connectivity index is 2.01. The summed E-state index contributed by atoms with van der Waals surface area (Å²) in [5.74, 6) is -0.234. The Kier molecular flexibility index (Phi) is 7.61. The van der Waals surface area contributed by atoms with Gasteiger partial charge < -0.3 is 4.74 Å². The summed E-state index contributed by atoms with van der Waals surface area (Å²) in [5, 5.41) is 0. The normalized spacial score (nSPS) is 10.7. The smallest absolute Gasteiger partial charge is 0.330 e. The van der Waals surface area contributed by atoms with Crippen molar-refractivity contribution >= 4 is 5.97 Å². The molecule has 2 heteroatoms. The van der Waals surface area contributed by atoms with Crippen LogP contribution in [0.25, 0.3) is 0 Å². The summed E-state index contributed by atoms with van der Waals surface area (Å²) in [6.07, 6.45) is 9.05. The maximum absolute atomic E-state index is 11.0. The molecule has 1 aromatic rings. The number of hydrogen-bond donors (Lipinski definition) is 0. The molecule has 0 aromatic heterocycles. The highest BCUT2D eigenvalue weighted by molar-refractivity contribution is 5.81. The van der Waals surface area contributed by atoms with Crippen LogP contribution in [0, 0.1) is 0 Å². The number of aryl methyl sites for hydroxylation is 1. The minimum Gasteiger partial charge on any atom is -0.463 e. The first-order chi connectivity index (χ1) is 8.83. The summed E-state index contributed by atoms with van der Waals surface area (Å²) in [6.45, 7) is 2.26. The van der Waals surface area contributed by atoms with E-state index in [0.717, 1.165) is 19.3 Å². The van der Waals surface area contributed by atoms with Crippen LogP contribution in [-0.2, 0) is 16.0 Å². The predicted octanol–water partition coefficient (Wildman–Crippen LogP) is 3.91. The maximum Gasteiger partial charge on any atom is 0.330 e. The zero-order valence-electron chi connectivity index (χ0n) is 11.1. The number of benzene rings is 1. The van der Waals surface area contributed by atoms with Crippen molar-refractivity contribution in [2.45, 2.75) is 39.0 Å². The summed E-state index contributed by atoms with van der Waals surface area (Å²) in [4.78, 5) is 11.0. The van der Waals surface area contributed by atoms with E-state index >= 15 is 0 Å². The molecule has 0 atom stereocenters. The number of carbonyl (C=O) groups is 1. The molecule has 0 aliphatic rings. The van der Waals surface area contributed by atoms with E-state index in [9.17, 15) is 4.79 Å². The third-order valence-corrected chi connectivity index (χ3v) is 2.72. The second kappa shape index (κ2) is 9.46. The predicted molar refractivity (Wildman–Crippen MR) is 74.4 cm³/mol. The molecule has 0 aliphatic heterocycles. The van der Waals surface area contributed by atoms with Gasteiger partial charge in [0.25, 0.3) is 0 Å². The Morgan fingerprint density at radius 2 is 1.94 bits per heavy atom. The quantitative estimate of drug-likeness (QED) is 0.395. The van der Waals surface area contributed by atoms with Crippen LogP contribution >= 0.6 is 0 Å². The monoisotopic (exact) mass is 246 g/mol. The van der Waals surface area contributed by atoms with Gasteiger partial charge in [-0.3, -0.25) is 0 Å². The molecule has 0 fully saturated rings. The molecule has 98 valence electrons. The van der Waals surface area contributed by atoms with Crippen molar-refractivity contribution in [1.29, 1.82) is 0 Å². The van der Waals surface area contributed by atoms with Gasteiger partial charge in [0.15, 0.2) is 0 Å². The molecular formula is C16H22O2. The highest BCUT2D eigenvalue weighted by Crippen LogP contribution is 2.07. The van der Waals surface area contributed by atoms with Crippen molar-refractivity contribution < 1.29 is 9.53 Å². The number of carbonyl (C=O) groups excluding carboxylic acids is 1. The van der Waals surface area contributed by atoms with Gasteiger partial charge in [0, 0.05) is 6.08 Å². The molecule has 1 rings (SSSR count). The second-order valence-corrected chi connectivity index (χ2v) is 4.24. The fourth-order valence-electron chi connectivity index (χ4n) is 1.78. The van der Waals surface area contributed by atoms with Crippen LogP contribution in [0.5, 0.6) is 0 Å². The minimum atomic E-state index is -0.234. The Labute approximate surface area is 110 Å². The van der Waals surface area contributed by atoms with E-state index in [2.05, 4.69) is 24.3 Å². The molecule has 0 saturated carbocycles. The molecule has 1 aromatic carbocycles. The zero-order valence-corrected chi connectivity index (χ0v) is 11.1. The molecule has 0 radical (unpaired) electrons. The van der Waals surface area contributed by atoms with E-state index in [-0.39, 0.29) is 5.97 Å². The van der Waals surface area contributed by atoms with Gasteiger partial charge in [0.05, 0.1) is 6.61 Å². The Morgan fingerprint density at radius 1 is 1.17 bits per heavy atom. The van der Waals surface area contributed by atoms with Gasteiger partial charge in [0.1, 0.15) is 0 Å². The lowest BCUT2D eigenvalue weighted by Gasteiger charge is -2.00. The first-order valence-corrected chi connectivity index (χ1v) is 6.70. The van der Waals surface area contributed by atoms with E-state index in [0.29, 0.717) is 6.61 Å². The number of unbranched alkanes of at least 4 members (excludes halogenated alkanes) is 3. The third-order valence-electron chi connectivity index (χ3n) is 2.72. The molecule has 0 N–H and O–H groups in total. The van der Waals surface area contributed by atoms with Gasteiger partial charge in [-0.15, -0.1) is 0 Å². The topological polar surface area (TPSA) is 26.3 Å². The van der Waals surface area contributed by atoms with Gasteiger partial charge >= 0.3 is 5.97 Å². The largest absolute Gasteiger partial charge is 0.463 e. The van der Waals surface area contributed by atoms with Gasteiger partial charge in [-0.25, -0.2) is 4.79 Å². The molecule has 0 unspecified atom stereocenters. The van der Waals surface area contributed by atoms with Crippen molar-refractivity contribution in [3.63, 3.8) is 0 Å². The van der Waals surface area contributed by atoms with E-state index in [1.54, 1.807) is 0 Å².